The number of rotatable bonds is 9. The predicted octanol–water partition coefficient (Wildman–Crippen LogP) is 5.99. The van der Waals surface area contributed by atoms with Crippen LogP contribution in [0.5, 0.6) is 11.5 Å². The smallest absolute Gasteiger partial charge is 0.122 e. The van der Waals surface area contributed by atoms with Gasteiger partial charge in [0.15, 0.2) is 0 Å². The van der Waals surface area contributed by atoms with Crippen LogP contribution in [-0.2, 0) is 5.41 Å². The summed E-state index contributed by atoms with van der Waals surface area (Å²) >= 11 is 0. The number of aliphatic hydroxyl groups excluding tert-OH is 1. The Bertz CT molecular complexity index is 803. The number of aliphatic hydroxyl groups is 1. The third kappa shape index (κ3) is 4.59. The van der Waals surface area contributed by atoms with Crippen LogP contribution in [-0.4, -0.2) is 22.9 Å². The van der Waals surface area contributed by atoms with E-state index in [0.717, 1.165) is 29.7 Å². The molecule has 0 saturated heterocycles. The van der Waals surface area contributed by atoms with Gasteiger partial charge in [-0.15, -0.1) is 0 Å². The quantitative estimate of drug-likeness (QED) is 0.560. The van der Waals surface area contributed by atoms with Crippen molar-refractivity contribution in [3.63, 3.8) is 0 Å². The highest BCUT2D eigenvalue weighted by molar-refractivity contribution is 5.59. The Labute approximate surface area is 169 Å². The average Bonchev–Trinajstić information content (AvgIpc) is 2.70. The predicted molar refractivity (Wildman–Crippen MR) is 117 cm³/mol. The molecular formula is C25H34O3. The maximum atomic E-state index is 10.2. The van der Waals surface area contributed by atoms with E-state index >= 15 is 0 Å². The Balaban J connectivity index is 2.45. The Kier molecular flexibility index (Phi) is 7.70. The van der Waals surface area contributed by atoms with Crippen molar-refractivity contribution in [3.05, 3.63) is 64.7 Å². The van der Waals surface area contributed by atoms with Gasteiger partial charge in [0.2, 0.25) is 0 Å². The number of aromatic hydroxyl groups is 1. The normalized spacial score (nSPS) is 13.1. The molecule has 3 nitrogen and oxygen atoms in total. The van der Waals surface area contributed by atoms with Gasteiger partial charge in [-0.1, -0.05) is 51.1 Å². The number of benzene rings is 2. The fraction of sp³-hybridized carbons (Fsp3) is 0.440. The molecule has 0 spiro atoms. The molecule has 0 bridgehead atoms. The molecule has 0 aromatic heterocycles. The minimum Gasteiger partial charge on any atom is -0.507 e. The second kappa shape index (κ2) is 9.79. The summed E-state index contributed by atoms with van der Waals surface area (Å²) in [6.45, 7) is 10.7. The largest absolute Gasteiger partial charge is 0.507 e. The SMILES string of the molecule is C/C=C/c1cc(C(CC)(CC)c2ccc(OCC(O)CC)c(C)c2)ccc1O. The Hall–Kier alpha value is -2.26. The van der Waals surface area contributed by atoms with E-state index in [2.05, 4.69) is 39.0 Å². The van der Waals surface area contributed by atoms with Crippen LogP contribution >= 0.6 is 0 Å². The van der Waals surface area contributed by atoms with Crippen molar-refractivity contribution in [2.45, 2.75) is 65.4 Å². The molecule has 0 amide bonds. The molecule has 152 valence electrons. The van der Waals surface area contributed by atoms with E-state index in [0.29, 0.717) is 18.8 Å². The monoisotopic (exact) mass is 382 g/mol. The minimum absolute atomic E-state index is 0.129. The van der Waals surface area contributed by atoms with Crippen LogP contribution in [0.4, 0.5) is 0 Å². The topological polar surface area (TPSA) is 49.7 Å². The van der Waals surface area contributed by atoms with E-state index in [1.807, 2.05) is 38.1 Å². The first-order valence-corrected chi connectivity index (χ1v) is 10.3. The van der Waals surface area contributed by atoms with E-state index in [4.69, 9.17) is 4.74 Å². The van der Waals surface area contributed by atoms with E-state index in [1.165, 1.54) is 11.1 Å². The third-order valence-corrected chi connectivity index (χ3v) is 5.76. The maximum Gasteiger partial charge on any atom is 0.122 e. The summed E-state index contributed by atoms with van der Waals surface area (Å²) in [6, 6.07) is 12.3. The van der Waals surface area contributed by atoms with E-state index < -0.39 is 6.10 Å². The summed E-state index contributed by atoms with van der Waals surface area (Å²) in [4.78, 5) is 0. The number of hydrogen-bond acceptors (Lipinski definition) is 3. The van der Waals surface area contributed by atoms with Crippen LogP contribution in [0.1, 0.15) is 69.2 Å². The molecule has 0 aliphatic heterocycles. The lowest BCUT2D eigenvalue weighted by atomic mass is 9.70. The molecule has 0 aliphatic carbocycles. The standard InChI is InChI=1S/C25H34O3/c1-6-10-19-16-21(11-13-23(19)27)25(8-3,9-4)20-12-14-24(18(5)15-20)28-17-22(26)7-2/h6,10-16,22,26-27H,7-9,17H2,1-5H3/b10-6+. The lowest BCUT2D eigenvalue weighted by molar-refractivity contribution is 0.104. The van der Waals surface area contributed by atoms with Crippen LogP contribution in [0.15, 0.2) is 42.5 Å². The van der Waals surface area contributed by atoms with E-state index in [-0.39, 0.29) is 5.41 Å². The van der Waals surface area contributed by atoms with Gasteiger partial charge in [0.05, 0.1) is 6.10 Å². The third-order valence-electron chi connectivity index (χ3n) is 5.76. The van der Waals surface area contributed by atoms with E-state index in [9.17, 15) is 10.2 Å². The Morgan fingerprint density at radius 2 is 1.68 bits per heavy atom. The molecule has 0 heterocycles. The number of aryl methyl sites for hydroxylation is 1. The van der Waals surface area contributed by atoms with Crippen LogP contribution < -0.4 is 4.74 Å². The maximum absolute atomic E-state index is 10.2. The fourth-order valence-electron chi connectivity index (χ4n) is 3.81. The number of phenolic OH excluding ortho intramolecular Hbond substituents is 1. The van der Waals surface area contributed by atoms with Crippen LogP contribution in [0, 0.1) is 6.92 Å². The summed E-state index contributed by atoms with van der Waals surface area (Å²) in [6.07, 6.45) is 6.04. The van der Waals surface area contributed by atoms with Crippen molar-refractivity contribution < 1.29 is 14.9 Å². The summed E-state index contributed by atoms with van der Waals surface area (Å²) in [5.74, 6) is 1.12. The van der Waals surface area contributed by atoms with Gasteiger partial charge in [-0.25, -0.2) is 0 Å². The first-order chi connectivity index (χ1) is 13.4. The molecule has 28 heavy (non-hydrogen) atoms. The molecular weight excluding hydrogens is 348 g/mol. The lowest BCUT2D eigenvalue weighted by Crippen LogP contribution is -2.26. The number of ether oxygens (including phenoxy) is 1. The summed E-state index contributed by atoms with van der Waals surface area (Å²) < 4.78 is 5.80. The summed E-state index contributed by atoms with van der Waals surface area (Å²) in [5.41, 5.74) is 4.24. The highest BCUT2D eigenvalue weighted by atomic mass is 16.5. The number of phenols is 1. The number of allylic oxidation sites excluding steroid dienone is 1. The zero-order valence-corrected chi connectivity index (χ0v) is 17.8. The van der Waals surface area contributed by atoms with Gasteiger partial charge < -0.3 is 14.9 Å². The molecule has 2 rings (SSSR count). The summed E-state index contributed by atoms with van der Waals surface area (Å²) in [5, 5.41) is 19.9. The van der Waals surface area contributed by atoms with Crippen molar-refractivity contribution in [2.75, 3.05) is 6.61 Å². The highest BCUT2D eigenvalue weighted by Gasteiger charge is 2.31. The molecule has 2 N–H and O–H groups in total. The van der Waals surface area contributed by atoms with Crippen LogP contribution in [0.2, 0.25) is 0 Å². The molecule has 2 aromatic rings. The Morgan fingerprint density at radius 1 is 1.04 bits per heavy atom. The second-order valence-electron chi connectivity index (χ2n) is 7.42. The van der Waals surface area contributed by atoms with Crippen molar-refractivity contribution in [2.24, 2.45) is 0 Å². The van der Waals surface area contributed by atoms with Gasteiger partial charge in [0.25, 0.3) is 0 Å². The molecule has 0 aliphatic rings. The van der Waals surface area contributed by atoms with Crippen molar-refractivity contribution in [1.82, 2.24) is 0 Å². The average molecular weight is 383 g/mol. The minimum atomic E-state index is -0.438. The van der Waals surface area contributed by atoms with Gasteiger partial charge in [-0.3, -0.25) is 0 Å². The highest BCUT2D eigenvalue weighted by Crippen LogP contribution is 2.41. The molecule has 0 fully saturated rings. The molecule has 1 atom stereocenters. The lowest BCUT2D eigenvalue weighted by Gasteiger charge is -2.34. The van der Waals surface area contributed by atoms with Crippen LogP contribution in [0.25, 0.3) is 6.08 Å². The molecule has 1 unspecified atom stereocenters. The number of hydrogen-bond donors (Lipinski definition) is 2. The van der Waals surface area contributed by atoms with Crippen molar-refractivity contribution >= 4 is 6.08 Å². The van der Waals surface area contributed by atoms with Gasteiger partial charge in [-0.2, -0.15) is 0 Å². The molecule has 2 aromatic carbocycles. The first-order valence-electron chi connectivity index (χ1n) is 10.3. The van der Waals surface area contributed by atoms with Gasteiger partial charge in [-0.05, 0) is 68.0 Å². The molecule has 3 heteroatoms. The molecule has 0 saturated carbocycles. The van der Waals surface area contributed by atoms with E-state index in [1.54, 1.807) is 6.07 Å². The van der Waals surface area contributed by atoms with Gasteiger partial charge >= 0.3 is 0 Å². The fourth-order valence-corrected chi connectivity index (χ4v) is 3.81. The molecule has 0 radical (unpaired) electrons. The summed E-state index contributed by atoms with van der Waals surface area (Å²) in [7, 11) is 0. The van der Waals surface area contributed by atoms with Crippen LogP contribution in [0.3, 0.4) is 0 Å². The zero-order chi connectivity index (χ0) is 20.7. The zero-order valence-electron chi connectivity index (χ0n) is 17.8. The second-order valence-corrected chi connectivity index (χ2v) is 7.42. The van der Waals surface area contributed by atoms with Gasteiger partial charge in [0, 0.05) is 11.0 Å². The van der Waals surface area contributed by atoms with Crippen molar-refractivity contribution in [3.8, 4) is 11.5 Å². The first kappa shape index (κ1) is 22.0. The Morgan fingerprint density at radius 3 is 2.25 bits per heavy atom. The van der Waals surface area contributed by atoms with Gasteiger partial charge in [0.1, 0.15) is 18.1 Å². The van der Waals surface area contributed by atoms with Crippen molar-refractivity contribution in [1.29, 1.82) is 0 Å².